The molecule has 0 aliphatic carbocycles. The molecule has 64 valence electrons. The molecule has 1 rings (SSSR count). The number of carbonyl (C=O) groups excluding carboxylic acids is 1. The molecule has 2 N–H and O–H groups in total. The number of nitrogens with one attached hydrogen (secondary N) is 1. The Bertz CT molecular complexity index is 181. The molecule has 0 aromatic heterocycles. The van der Waals surface area contributed by atoms with E-state index in [4.69, 9.17) is 5.11 Å². The van der Waals surface area contributed by atoms with E-state index in [1.807, 2.05) is 5.32 Å². The third-order valence-electron chi connectivity index (χ3n) is 1.23. The number of urea groups is 1. The summed E-state index contributed by atoms with van der Waals surface area (Å²) in [5, 5.41) is 10.5. The first-order valence-electron chi connectivity index (χ1n) is 2.75. The average Bonchev–Trinajstić information content (AvgIpc) is 2.08. The summed E-state index contributed by atoms with van der Waals surface area (Å²) in [5.41, 5.74) is 0. The number of nitrogens with zero attached hydrogens (tertiary/aromatic N) is 1. The Kier molecular flexibility index (Phi) is 1.67. The van der Waals surface area contributed by atoms with Crippen molar-refractivity contribution < 1.29 is 23.1 Å². The molecule has 4 nitrogen and oxygen atoms in total. The first-order valence-corrected chi connectivity index (χ1v) is 2.75. The number of hydrogen-bond donors (Lipinski definition) is 2. The van der Waals surface area contributed by atoms with Crippen molar-refractivity contribution in [1.29, 1.82) is 0 Å². The van der Waals surface area contributed by atoms with Crippen LogP contribution in [-0.4, -0.2) is 35.1 Å². The molecule has 0 aromatic rings. The fraction of sp³-hybridized carbons (Fsp3) is 0.750. The van der Waals surface area contributed by atoms with E-state index < -0.39 is 30.0 Å². The minimum Gasteiger partial charge on any atom is -0.371 e. The number of aliphatic hydroxyl groups is 1. The lowest BCUT2D eigenvalue weighted by Gasteiger charge is -2.20. The van der Waals surface area contributed by atoms with Gasteiger partial charge in [-0.3, -0.25) is 0 Å². The molecule has 0 aromatic carbocycles. The van der Waals surface area contributed by atoms with Gasteiger partial charge in [-0.25, -0.2) is 9.69 Å². The number of carbonyl (C=O) groups is 1. The molecule has 0 radical (unpaired) electrons. The Hall–Kier alpha value is -0.980. The monoisotopic (exact) mass is 170 g/mol. The zero-order valence-electron chi connectivity index (χ0n) is 5.22. The number of halogens is 3. The van der Waals surface area contributed by atoms with Crippen LogP contribution in [0.25, 0.3) is 0 Å². The number of hydrogen-bond acceptors (Lipinski definition) is 2. The van der Waals surface area contributed by atoms with Crippen LogP contribution in [0.1, 0.15) is 0 Å². The van der Waals surface area contributed by atoms with Gasteiger partial charge in [-0.1, -0.05) is 0 Å². The topological polar surface area (TPSA) is 52.6 Å². The molecular weight excluding hydrogens is 165 g/mol. The fourth-order valence-electron chi connectivity index (χ4n) is 0.775. The minimum absolute atomic E-state index is 0.391. The van der Waals surface area contributed by atoms with Gasteiger partial charge in [0.25, 0.3) is 0 Å². The fourth-order valence-corrected chi connectivity index (χ4v) is 0.775. The second-order valence-electron chi connectivity index (χ2n) is 2.00. The summed E-state index contributed by atoms with van der Waals surface area (Å²) in [5.74, 6) is 0. The Balaban J connectivity index is 2.77. The second kappa shape index (κ2) is 2.26. The highest BCUT2D eigenvalue weighted by Crippen LogP contribution is 2.25. The van der Waals surface area contributed by atoms with Gasteiger partial charge < -0.3 is 10.4 Å². The van der Waals surface area contributed by atoms with E-state index in [-0.39, 0.29) is 0 Å². The zero-order chi connectivity index (χ0) is 8.65. The molecule has 0 spiro atoms. The molecule has 1 unspecified atom stereocenters. The molecule has 1 fully saturated rings. The summed E-state index contributed by atoms with van der Waals surface area (Å²) >= 11 is 0. The lowest BCUT2D eigenvalue weighted by molar-refractivity contribution is -0.250. The van der Waals surface area contributed by atoms with Crippen LogP contribution < -0.4 is 5.32 Å². The molecule has 1 heterocycles. The van der Waals surface area contributed by atoms with E-state index >= 15 is 0 Å². The van der Waals surface area contributed by atoms with Crippen molar-refractivity contribution in [3.63, 3.8) is 0 Å². The van der Waals surface area contributed by atoms with Crippen LogP contribution in [0, 0.1) is 0 Å². The van der Waals surface area contributed by atoms with Gasteiger partial charge in [-0.15, -0.1) is 13.2 Å². The van der Waals surface area contributed by atoms with Crippen LogP contribution in [0.15, 0.2) is 0 Å². The molecule has 1 aliphatic rings. The Morgan fingerprint density at radius 1 is 1.64 bits per heavy atom. The van der Waals surface area contributed by atoms with Crippen molar-refractivity contribution in [3.8, 4) is 0 Å². The highest BCUT2D eigenvalue weighted by Gasteiger charge is 2.48. The van der Waals surface area contributed by atoms with Crippen molar-refractivity contribution in [3.05, 3.63) is 0 Å². The highest BCUT2D eigenvalue weighted by molar-refractivity contribution is 5.76. The molecule has 7 heteroatoms. The third kappa shape index (κ3) is 1.37. The molecule has 1 aliphatic heterocycles. The normalized spacial score (nSPS) is 25.6. The summed E-state index contributed by atoms with van der Waals surface area (Å²) in [6, 6.07) is -1.31. The van der Waals surface area contributed by atoms with Gasteiger partial charge in [0.1, 0.15) is 0 Å². The predicted molar refractivity (Wildman–Crippen MR) is 27.3 cm³/mol. The van der Waals surface area contributed by atoms with Gasteiger partial charge in [0, 0.05) is 0 Å². The first-order chi connectivity index (χ1) is 4.93. The summed E-state index contributed by atoms with van der Waals surface area (Å²) in [4.78, 5) is 9.80. The maximum atomic E-state index is 11.8. The second-order valence-corrected chi connectivity index (χ2v) is 2.00. The standard InChI is InChI=1S/C4H5F3N2O2/c5-4(6,7)9-2(10)1-8-3(9)11/h2,10H,1H2,(H,8,11). The largest absolute Gasteiger partial charge is 0.490 e. The smallest absolute Gasteiger partial charge is 0.371 e. The quantitative estimate of drug-likeness (QED) is 0.497. The Labute approximate surface area is 59.6 Å². The van der Waals surface area contributed by atoms with Crippen LogP contribution in [0.2, 0.25) is 0 Å². The van der Waals surface area contributed by atoms with E-state index in [2.05, 4.69) is 0 Å². The maximum absolute atomic E-state index is 11.8. The molecule has 11 heavy (non-hydrogen) atoms. The van der Waals surface area contributed by atoms with Gasteiger partial charge in [0.05, 0.1) is 6.54 Å². The molecule has 0 bridgehead atoms. The molecule has 2 amide bonds. The highest BCUT2D eigenvalue weighted by atomic mass is 19.4. The van der Waals surface area contributed by atoms with Crippen LogP contribution in [0.3, 0.4) is 0 Å². The van der Waals surface area contributed by atoms with Gasteiger partial charge in [-0.2, -0.15) is 0 Å². The van der Waals surface area contributed by atoms with E-state index in [1.165, 1.54) is 0 Å². The number of aliphatic hydroxyl groups excluding tert-OH is 1. The summed E-state index contributed by atoms with van der Waals surface area (Å²) in [6.45, 7) is -0.391. The minimum atomic E-state index is -4.81. The van der Waals surface area contributed by atoms with E-state index in [0.717, 1.165) is 0 Å². The maximum Gasteiger partial charge on any atom is 0.490 e. The van der Waals surface area contributed by atoms with Crippen molar-refractivity contribution in [2.75, 3.05) is 6.54 Å². The lowest BCUT2D eigenvalue weighted by atomic mass is 10.6. The Morgan fingerprint density at radius 3 is 2.36 bits per heavy atom. The van der Waals surface area contributed by atoms with Gasteiger partial charge in [-0.05, 0) is 0 Å². The summed E-state index contributed by atoms with van der Waals surface area (Å²) in [7, 11) is 0. The van der Waals surface area contributed by atoms with Crippen LogP contribution >= 0.6 is 0 Å². The SMILES string of the molecule is O=C1NCC(O)N1C(F)(F)F. The van der Waals surface area contributed by atoms with Crippen LogP contribution in [0.5, 0.6) is 0 Å². The predicted octanol–water partition coefficient (Wildman–Crippen LogP) is -0.150. The van der Waals surface area contributed by atoms with Crippen molar-refractivity contribution >= 4 is 6.03 Å². The Morgan fingerprint density at radius 2 is 2.18 bits per heavy atom. The number of rotatable bonds is 0. The summed E-state index contributed by atoms with van der Waals surface area (Å²) < 4.78 is 35.3. The molecular formula is C4H5F3N2O2. The van der Waals surface area contributed by atoms with Crippen molar-refractivity contribution in [2.24, 2.45) is 0 Å². The van der Waals surface area contributed by atoms with E-state index in [1.54, 1.807) is 0 Å². The third-order valence-corrected chi connectivity index (χ3v) is 1.23. The zero-order valence-corrected chi connectivity index (χ0v) is 5.22. The molecule has 1 atom stereocenters. The summed E-state index contributed by atoms with van der Waals surface area (Å²) in [6.07, 6.45) is -6.61. The molecule has 1 saturated heterocycles. The van der Waals surface area contributed by atoms with E-state index in [9.17, 15) is 18.0 Å². The number of alkyl halides is 3. The van der Waals surface area contributed by atoms with Gasteiger partial charge >= 0.3 is 12.3 Å². The average molecular weight is 170 g/mol. The van der Waals surface area contributed by atoms with Crippen molar-refractivity contribution in [2.45, 2.75) is 12.5 Å². The lowest BCUT2D eigenvalue weighted by Crippen LogP contribution is -2.45. The number of β-amino-alcohol motifs (C(OH)–C–C–N with tert-alkyl or cyclic N) is 1. The van der Waals surface area contributed by atoms with Crippen LogP contribution in [-0.2, 0) is 0 Å². The van der Waals surface area contributed by atoms with Gasteiger partial charge in [0.15, 0.2) is 6.23 Å². The molecule has 0 saturated carbocycles. The van der Waals surface area contributed by atoms with Crippen LogP contribution in [0.4, 0.5) is 18.0 Å². The van der Waals surface area contributed by atoms with Crippen molar-refractivity contribution in [1.82, 2.24) is 10.2 Å². The first kappa shape index (κ1) is 8.12. The number of amides is 2. The van der Waals surface area contributed by atoms with Gasteiger partial charge in [0.2, 0.25) is 0 Å². The van der Waals surface area contributed by atoms with E-state index in [0.29, 0.717) is 0 Å².